The van der Waals surface area contributed by atoms with Gasteiger partial charge in [-0.25, -0.2) is 0 Å². The van der Waals surface area contributed by atoms with Crippen molar-refractivity contribution in [3.63, 3.8) is 0 Å². The minimum Gasteiger partial charge on any atom is -0.486 e. The van der Waals surface area contributed by atoms with Gasteiger partial charge in [-0.05, 0) is 53.2 Å². The van der Waals surface area contributed by atoms with Gasteiger partial charge in [-0.1, -0.05) is 77.3 Å². The Bertz CT molecular complexity index is 1310. The maximum atomic E-state index is 12.8. The Morgan fingerprint density at radius 2 is 1.60 bits per heavy atom. The molecule has 0 aromatic heterocycles. The van der Waals surface area contributed by atoms with E-state index in [0.29, 0.717) is 22.0 Å². The van der Waals surface area contributed by atoms with Gasteiger partial charge in [-0.2, -0.15) is 0 Å². The van der Waals surface area contributed by atoms with Crippen molar-refractivity contribution in [1.29, 1.82) is 0 Å². The van der Waals surface area contributed by atoms with Gasteiger partial charge in [0.1, 0.15) is 13.2 Å². The molecule has 4 rings (SSSR count). The highest BCUT2D eigenvalue weighted by molar-refractivity contribution is 8.18. The van der Waals surface area contributed by atoms with E-state index < -0.39 is 23.6 Å². The Morgan fingerprint density at radius 3 is 2.29 bits per heavy atom. The molecule has 3 aromatic rings. The van der Waals surface area contributed by atoms with Crippen LogP contribution in [0.4, 0.5) is 10.5 Å². The van der Waals surface area contributed by atoms with Crippen LogP contribution in [0.5, 0.6) is 5.75 Å². The highest BCUT2D eigenvalue weighted by Crippen LogP contribution is 2.37. The third-order valence-corrected chi connectivity index (χ3v) is 6.67. The standard InChI is InChI=1S/C25H17Cl3N2O4S/c26-17-8-4-5-9-20(17)29-22(31)13-30-24(32)21(35-25(30)33)12-16-10-18(27)23(19(28)11-16)34-14-15-6-2-1-3-7-15/h1-12H,13-14H2,(H,29,31)/b21-12+. The molecule has 10 heteroatoms. The molecule has 178 valence electrons. The molecular formula is C25H17Cl3N2O4S. The Morgan fingerprint density at radius 1 is 0.943 bits per heavy atom. The minimum absolute atomic E-state index is 0.144. The normalized spacial score (nSPS) is 14.5. The van der Waals surface area contributed by atoms with Crippen LogP contribution in [0.3, 0.4) is 0 Å². The molecule has 0 atom stereocenters. The van der Waals surface area contributed by atoms with Gasteiger partial charge in [-0.3, -0.25) is 19.3 Å². The number of nitrogens with zero attached hydrogens (tertiary/aromatic N) is 1. The van der Waals surface area contributed by atoms with E-state index in [1.807, 2.05) is 30.3 Å². The van der Waals surface area contributed by atoms with Crippen molar-refractivity contribution in [2.45, 2.75) is 6.61 Å². The van der Waals surface area contributed by atoms with Crippen molar-refractivity contribution >= 4 is 75.4 Å². The van der Waals surface area contributed by atoms with E-state index in [1.54, 1.807) is 36.4 Å². The third-order valence-electron chi connectivity index (χ3n) is 4.87. The van der Waals surface area contributed by atoms with Crippen molar-refractivity contribution in [1.82, 2.24) is 4.90 Å². The Labute approximate surface area is 220 Å². The first-order valence-corrected chi connectivity index (χ1v) is 12.2. The SMILES string of the molecule is O=C(CN1C(=O)S/C(=C/c2cc(Cl)c(OCc3ccccc3)c(Cl)c2)C1=O)Nc1ccccc1Cl. The van der Waals surface area contributed by atoms with Gasteiger partial charge in [0.05, 0.1) is 25.7 Å². The molecular weight excluding hydrogens is 531 g/mol. The van der Waals surface area contributed by atoms with Gasteiger partial charge < -0.3 is 10.1 Å². The summed E-state index contributed by atoms with van der Waals surface area (Å²) in [6, 6.07) is 19.4. The number of thioether (sulfide) groups is 1. The topological polar surface area (TPSA) is 75.7 Å². The average Bonchev–Trinajstić information content (AvgIpc) is 3.08. The molecule has 1 saturated heterocycles. The fourth-order valence-corrected chi connectivity index (χ4v) is 4.85. The number of hydrogen-bond donors (Lipinski definition) is 1. The molecule has 1 N–H and O–H groups in total. The molecule has 0 saturated carbocycles. The lowest BCUT2D eigenvalue weighted by molar-refractivity contribution is -0.127. The maximum absolute atomic E-state index is 12.8. The summed E-state index contributed by atoms with van der Waals surface area (Å²) in [5.41, 5.74) is 1.86. The van der Waals surface area contributed by atoms with E-state index in [0.717, 1.165) is 22.2 Å². The number of amides is 3. The Kier molecular flexibility index (Phi) is 8.03. The van der Waals surface area contributed by atoms with E-state index in [-0.39, 0.29) is 21.6 Å². The number of benzene rings is 3. The predicted octanol–water partition coefficient (Wildman–Crippen LogP) is 6.90. The molecule has 0 aliphatic carbocycles. The predicted molar refractivity (Wildman–Crippen MR) is 140 cm³/mol. The molecule has 1 fully saturated rings. The van der Waals surface area contributed by atoms with Crippen LogP contribution in [-0.4, -0.2) is 28.5 Å². The smallest absolute Gasteiger partial charge is 0.294 e. The monoisotopic (exact) mass is 546 g/mol. The summed E-state index contributed by atoms with van der Waals surface area (Å²) < 4.78 is 5.76. The van der Waals surface area contributed by atoms with Crippen LogP contribution < -0.4 is 10.1 Å². The van der Waals surface area contributed by atoms with Crippen LogP contribution in [0, 0.1) is 0 Å². The van der Waals surface area contributed by atoms with E-state index in [9.17, 15) is 14.4 Å². The van der Waals surface area contributed by atoms with E-state index in [2.05, 4.69) is 5.32 Å². The van der Waals surface area contributed by atoms with Gasteiger partial charge in [0, 0.05) is 0 Å². The lowest BCUT2D eigenvalue weighted by Gasteiger charge is -2.13. The molecule has 0 radical (unpaired) electrons. The van der Waals surface area contributed by atoms with Crippen molar-refractivity contribution < 1.29 is 19.1 Å². The average molecular weight is 548 g/mol. The molecule has 3 amide bonds. The highest BCUT2D eigenvalue weighted by Gasteiger charge is 2.36. The molecule has 1 aliphatic heterocycles. The van der Waals surface area contributed by atoms with Crippen LogP contribution in [0.1, 0.15) is 11.1 Å². The maximum Gasteiger partial charge on any atom is 0.294 e. The van der Waals surface area contributed by atoms with Crippen molar-refractivity contribution in [2.75, 3.05) is 11.9 Å². The molecule has 0 spiro atoms. The zero-order chi connectivity index (χ0) is 24.9. The number of rotatable bonds is 7. The van der Waals surface area contributed by atoms with E-state index in [1.165, 1.54) is 6.08 Å². The summed E-state index contributed by atoms with van der Waals surface area (Å²) in [4.78, 5) is 38.6. The first-order chi connectivity index (χ1) is 16.8. The van der Waals surface area contributed by atoms with Gasteiger partial charge in [0.25, 0.3) is 11.1 Å². The number of nitrogens with one attached hydrogen (secondary N) is 1. The van der Waals surface area contributed by atoms with Gasteiger partial charge in [0.2, 0.25) is 5.91 Å². The number of imide groups is 1. The van der Waals surface area contributed by atoms with Gasteiger partial charge in [-0.15, -0.1) is 0 Å². The summed E-state index contributed by atoms with van der Waals surface area (Å²) in [7, 11) is 0. The lowest BCUT2D eigenvalue weighted by atomic mass is 10.2. The number of para-hydroxylation sites is 1. The van der Waals surface area contributed by atoms with E-state index in [4.69, 9.17) is 39.5 Å². The fraction of sp³-hybridized carbons (Fsp3) is 0.0800. The van der Waals surface area contributed by atoms with Crippen molar-refractivity contribution in [3.05, 3.63) is 97.8 Å². The number of carbonyl (C=O) groups excluding carboxylic acids is 3. The van der Waals surface area contributed by atoms with Crippen molar-refractivity contribution in [3.8, 4) is 5.75 Å². The number of halogens is 3. The first-order valence-electron chi connectivity index (χ1n) is 10.3. The summed E-state index contributed by atoms with van der Waals surface area (Å²) in [6.07, 6.45) is 1.50. The molecule has 1 aliphatic rings. The van der Waals surface area contributed by atoms with E-state index >= 15 is 0 Å². The number of anilines is 1. The Balaban J connectivity index is 1.44. The summed E-state index contributed by atoms with van der Waals surface area (Å²) >= 11 is 19.5. The third kappa shape index (κ3) is 6.18. The fourth-order valence-electron chi connectivity index (χ4n) is 3.21. The number of ether oxygens (including phenoxy) is 1. The molecule has 1 heterocycles. The first kappa shape index (κ1) is 25.1. The Hall–Kier alpha value is -2.97. The second-order valence-electron chi connectivity index (χ2n) is 7.38. The zero-order valence-corrected chi connectivity index (χ0v) is 21.0. The molecule has 35 heavy (non-hydrogen) atoms. The summed E-state index contributed by atoms with van der Waals surface area (Å²) in [6.45, 7) is -0.157. The number of hydrogen-bond acceptors (Lipinski definition) is 5. The molecule has 3 aromatic carbocycles. The second-order valence-corrected chi connectivity index (χ2v) is 9.60. The van der Waals surface area contributed by atoms with Crippen LogP contribution in [0.2, 0.25) is 15.1 Å². The lowest BCUT2D eigenvalue weighted by Crippen LogP contribution is -2.36. The highest BCUT2D eigenvalue weighted by atomic mass is 35.5. The largest absolute Gasteiger partial charge is 0.486 e. The summed E-state index contributed by atoms with van der Waals surface area (Å²) in [5.74, 6) is -0.822. The number of carbonyl (C=O) groups is 3. The van der Waals surface area contributed by atoms with Crippen LogP contribution in [-0.2, 0) is 16.2 Å². The zero-order valence-electron chi connectivity index (χ0n) is 18.0. The van der Waals surface area contributed by atoms with Crippen LogP contribution in [0.15, 0.2) is 71.6 Å². The molecule has 0 unspecified atom stereocenters. The van der Waals surface area contributed by atoms with Gasteiger partial charge in [0.15, 0.2) is 5.75 Å². The molecule has 6 nitrogen and oxygen atoms in total. The van der Waals surface area contributed by atoms with Gasteiger partial charge >= 0.3 is 0 Å². The molecule has 0 bridgehead atoms. The van der Waals surface area contributed by atoms with Crippen LogP contribution >= 0.6 is 46.6 Å². The second kappa shape index (κ2) is 11.2. The van der Waals surface area contributed by atoms with Crippen LogP contribution in [0.25, 0.3) is 6.08 Å². The summed E-state index contributed by atoms with van der Waals surface area (Å²) in [5, 5.41) is 2.90. The quantitative estimate of drug-likeness (QED) is 0.326. The van der Waals surface area contributed by atoms with Crippen molar-refractivity contribution in [2.24, 2.45) is 0 Å². The minimum atomic E-state index is -0.592.